The molecule has 8 heteroatoms. The number of Topliss-reactive ketones (excluding diaryl/α,β-unsaturated/α-hetero) is 2. The molecule has 4 unspecified atom stereocenters. The first-order valence-electron chi connectivity index (χ1n) is 12.9. The fourth-order valence-electron chi connectivity index (χ4n) is 6.73. The lowest BCUT2D eigenvalue weighted by Crippen LogP contribution is -2.49. The zero-order valence-corrected chi connectivity index (χ0v) is 23.7. The Balaban J connectivity index is 1.52. The molecule has 1 aromatic heterocycles. The molecule has 4 atom stereocenters. The van der Waals surface area contributed by atoms with Crippen LogP contribution in [0.5, 0.6) is 5.75 Å². The number of hydrogen-bond donors (Lipinski definition) is 1. The van der Waals surface area contributed by atoms with Crippen LogP contribution >= 0.6 is 27.3 Å². The molecule has 0 aliphatic carbocycles. The third-order valence-corrected chi connectivity index (χ3v) is 9.83. The van der Waals surface area contributed by atoms with Gasteiger partial charge >= 0.3 is 0 Å². The predicted octanol–water partition coefficient (Wildman–Crippen LogP) is 6.50. The van der Waals surface area contributed by atoms with Gasteiger partial charge in [0.1, 0.15) is 17.2 Å². The molecule has 40 heavy (non-hydrogen) atoms. The monoisotopic (exact) mass is 610 g/mol. The Morgan fingerprint density at radius 1 is 1.00 bits per heavy atom. The maximum absolute atomic E-state index is 14.6. The number of carbonyl (C=O) groups is 3. The molecular weight excluding hydrogens is 588 g/mol. The molecule has 1 saturated heterocycles. The van der Waals surface area contributed by atoms with Crippen LogP contribution < -0.4 is 10.1 Å². The van der Waals surface area contributed by atoms with Crippen LogP contribution in [-0.2, 0) is 10.2 Å². The number of nitrogens with zero attached hydrogens (tertiary/aromatic N) is 1. The Bertz CT molecular complexity index is 1730. The maximum Gasteiger partial charge on any atom is 0.238 e. The Morgan fingerprint density at radius 3 is 2.58 bits per heavy atom. The summed E-state index contributed by atoms with van der Waals surface area (Å²) in [5.41, 5.74) is 2.37. The van der Waals surface area contributed by atoms with Gasteiger partial charge in [-0.05, 0) is 74.4 Å². The molecule has 3 aromatic carbocycles. The molecule has 4 aromatic rings. The average molecular weight is 612 g/mol. The summed E-state index contributed by atoms with van der Waals surface area (Å²) in [6, 6.07) is 22.7. The van der Waals surface area contributed by atoms with E-state index in [2.05, 4.69) is 21.2 Å². The van der Waals surface area contributed by atoms with Gasteiger partial charge in [-0.3, -0.25) is 14.4 Å². The summed E-state index contributed by atoms with van der Waals surface area (Å²) >= 11 is 4.83. The van der Waals surface area contributed by atoms with Crippen molar-refractivity contribution >= 4 is 56.5 Å². The van der Waals surface area contributed by atoms with Crippen molar-refractivity contribution in [3.05, 3.63) is 122 Å². The van der Waals surface area contributed by atoms with E-state index in [-0.39, 0.29) is 17.5 Å². The summed E-state index contributed by atoms with van der Waals surface area (Å²) in [4.78, 5) is 46.0. The number of ketones is 2. The molecule has 4 heterocycles. The quantitative estimate of drug-likeness (QED) is 0.261. The number of methoxy groups -OCH3 is 1. The Morgan fingerprint density at radius 2 is 1.80 bits per heavy atom. The van der Waals surface area contributed by atoms with E-state index in [1.165, 1.54) is 11.3 Å². The Kier molecular flexibility index (Phi) is 5.80. The van der Waals surface area contributed by atoms with E-state index in [1.54, 1.807) is 31.4 Å². The third-order valence-electron chi connectivity index (χ3n) is 8.32. The average Bonchev–Trinajstić information content (AvgIpc) is 3.69. The van der Waals surface area contributed by atoms with Crippen LogP contribution in [-0.4, -0.2) is 35.5 Å². The van der Waals surface area contributed by atoms with Gasteiger partial charge in [0.05, 0.1) is 28.4 Å². The molecule has 1 spiro atoms. The van der Waals surface area contributed by atoms with Gasteiger partial charge < -0.3 is 15.0 Å². The number of thiophene rings is 1. The molecule has 0 bridgehead atoms. The van der Waals surface area contributed by atoms with Crippen molar-refractivity contribution in [2.24, 2.45) is 5.92 Å². The fourth-order valence-corrected chi connectivity index (χ4v) is 7.97. The van der Waals surface area contributed by atoms with Gasteiger partial charge in [0, 0.05) is 17.5 Å². The molecule has 3 aliphatic heterocycles. The lowest BCUT2D eigenvalue weighted by Gasteiger charge is -2.38. The highest BCUT2D eigenvalue weighted by Crippen LogP contribution is 2.62. The van der Waals surface area contributed by atoms with Gasteiger partial charge in [-0.1, -0.05) is 48.5 Å². The second kappa shape index (κ2) is 9.28. The van der Waals surface area contributed by atoms with Crippen LogP contribution in [0.1, 0.15) is 42.8 Å². The summed E-state index contributed by atoms with van der Waals surface area (Å²) in [5, 5.41) is 4.92. The number of nitrogens with one attached hydrogen (secondary N) is 1. The summed E-state index contributed by atoms with van der Waals surface area (Å²) in [5.74, 6) is -1.10. The van der Waals surface area contributed by atoms with Crippen LogP contribution in [0, 0.1) is 5.92 Å². The summed E-state index contributed by atoms with van der Waals surface area (Å²) in [6.45, 7) is 0. The van der Waals surface area contributed by atoms with Crippen LogP contribution in [0.25, 0.3) is 6.08 Å². The van der Waals surface area contributed by atoms with E-state index in [9.17, 15) is 14.4 Å². The predicted molar refractivity (Wildman–Crippen MR) is 158 cm³/mol. The lowest BCUT2D eigenvalue weighted by molar-refractivity contribution is -0.122. The maximum atomic E-state index is 14.6. The molecule has 0 saturated carbocycles. The second-order valence-electron chi connectivity index (χ2n) is 10.1. The van der Waals surface area contributed by atoms with Crippen molar-refractivity contribution in [1.82, 2.24) is 4.90 Å². The number of anilines is 1. The molecule has 1 amide bonds. The van der Waals surface area contributed by atoms with Gasteiger partial charge in [-0.2, -0.15) is 0 Å². The largest absolute Gasteiger partial charge is 0.496 e. The Hall–Kier alpha value is -4.01. The number of ether oxygens (including phenoxy) is 1. The minimum absolute atomic E-state index is 0.215. The molecule has 6 nitrogen and oxygen atoms in total. The minimum atomic E-state index is -1.33. The third kappa shape index (κ3) is 3.36. The molecule has 0 radical (unpaired) electrons. The fraction of sp³-hybridized carbons (Fsp3) is 0.156. The normalized spacial score (nSPS) is 23.9. The topological polar surface area (TPSA) is 75.7 Å². The van der Waals surface area contributed by atoms with E-state index < -0.39 is 23.4 Å². The van der Waals surface area contributed by atoms with Crippen molar-refractivity contribution in [2.75, 3.05) is 12.4 Å². The summed E-state index contributed by atoms with van der Waals surface area (Å²) in [6.07, 6.45) is 3.84. The highest BCUT2D eigenvalue weighted by molar-refractivity contribution is 9.10. The number of hydrogen-bond acceptors (Lipinski definition) is 6. The van der Waals surface area contributed by atoms with Gasteiger partial charge in [-0.15, -0.1) is 11.3 Å². The van der Waals surface area contributed by atoms with Crippen molar-refractivity contribution < 1.29 is 19.1 Å². The molecular formula is C32H23BrN2O4S. The zero-order chi connectivity index (χ0) is 27.6. The van der Waals surface area contributed by atoms with Crippen molar-refractivity contribution in [1.29, 1.82) is 0 Å². The number of fused-ring (bicyclic) bond motifs is 6. The number of benzene rings is 3. The SMILES string of the molecule is COc1ccc(C(=O)C2C(C(=O)c3cccs3)C3(C(=O)Nc4ccccc43)C3c4ccccc4C=CN23)cc1Br. The summed E-state index contributed by atoms with van der Waals surface area (Å²) in [7, 11) is 1.56. The van der Waals surface area contributed by atoms with E-state index in [4.69, 9.17) is 4.74 Å². The number of para-hydroxylation sites is 1. The van der Waals surface area contributed by atoms with Gasteiger partial charge in [0.25, 0.3) is 0 Å². The van der Waals surface area contributed by atoms with E-state index >= 15 is 0 Å². The van der Waals surface area contributed by atoms with Crippen LogP contribution in [0.2, 0.25) is 0 Å². The molecule has 7 rings (SSSR count). The highest BCUT2D eigenvalue weighted by Gasteiger charge is 2.70. The van der Waals surface area contributed by atoms with Gasteiger partial charge in [-0.25, -0.2) is 0 Å². The van der Waals surface area contributed by atoms with Crippen molar-refractivity contribution in [3.63, 3.8) is 0 Å². The first kappa shape index (κ1) is 25.0. The second-order valence-corrected chi connectivity index (χ2v) is 11.9. The number of amides is 1. The summed E-state index contributed by atoms with van der Waals surface area (Å²) < 4.78 is 6.02. The smallest absolute Gasteiger partial charge is 0.238 e. The van der Waals surface area contributed by atoms with Crippen molar-refractivity contribution in [2.45, 2.75) is 17.5 Å². The standard InChI is InChI=1S/C32H23BrN2O4S/c1-39-24-13-12-19(17-22(24)33)28(36)27-26(29(37)25-11-6-16-40-25)32(21-9-4-5-10-23(21)34-31(32)38)30-20-8-3-2-7-18(20)14-15-35(27)30/h2-17,26-27,30H,1H3,(H,34,38). The molecule has 198 valence electrons. The van der Waals surface area contributed by atoms with Gasteiger partial charge in [0.2, 0.25) is 5.91 Å². The van der Waals surface area contributed by atoms with E-state index in [1.807, 2.05) is 77.2 Å². The first-order valence-corrected chi connectivity index (χ1v) is 14.5. The van der Waals surface area contributed by atoms with Crippen molar-refractivity contribution in [3.8, 4) is 5.75 Å². The van der Waals surface area contributed by atoms with Crippen LogP contribution in [0.4, 0.5) is 5.69 Å². The molecule has 1 fully saturated rings. The first-order chi connectivity index (χ1) is 19.5. The number of halogens is 1. The number of rotatable bonds is 5. The Labute approximate surface area is 243 Å². The zero-order valence-electron chi connectivity index (χ0n) is 21.3. The van der Waals surface area contributed by atoms with E-state index in [0.717, 1.165) is 16.7 Å². The van der Waals surface area contributed by atoms with Gasteiger partial charge in [0.15, 0.2) is 11.6 Å². The minimum Gasteiger partial charge on any atom is -0.496 e. The van der Waals surface area contributed by atoms with Crippen LogP contribution in [0.3, 0.4) is 0 Å². The number of carbonyl (C=O) groups excluding carboxylic acids is 3. The van der Waals surface area contributed by atoms with E-state index in [0.29, 0.717) is 26.4 Å². The molecule has 1 N–H and O–H groups in total. The van der Waals surface area contributed by atoms with Crippen LogP contribution in [0.15, 0.2) is 94.9 Å². The molecule has 3 aliphatic rings. The lowest BCUT2D eigenvalue weighted by atomic mass is 9.63. The highest BCUT2D eigenvalue weighted by atomic mass is 79.9.